The average Bonchev–Trinajstić information content (AvgIpc) is 2.79. The van der Waals surface area contributed by atoms with Gasteiger partial charge in [-0.25, -0.2) is 4.98 Å². The molecule has 1 atom stereocenters. The molecule has 1 aliphatic rings. The highest BCUT2D eigenvalue weighted by molar-refractivity contribution is 7.09. The smallest absolute Gasteiger partial charge is 0.237 e. The first-order chi connectivity index (χ1) is 9.78. The highest BCUT2D eigenvalue weighted by Gasteiger charge is 2.43. The second-order valence-electron chi connectivity index (χ2n) is 6.82. The fraction of sp³-hybridized carbons (Fsp3) is 0.750. The zero-order chi connectivity index (χ0) is 15.7. The summed E-state index contributed by atoms with van der Waals surface area (Å²) in [6.45, 7) is 10.2. The number of hydrogen-bond acceptors (Lipinski definition) is 4. The zero-order valence-corrected chi connectivity index (χ0v) is 14.6. The monoisotopic (exact) mass is 309 g/mol. The van der Waals surface area contributed by atoms with Gasteiger partial charge in [-0.1, -0.05) is 6.92 Å². The molecule has 0 bridgehead atoms. The van der Waals surface area contributed by atoms with Gasteiger partial charge in [0.05, 0.1) is 11.6 Å². The van der Waals surface area contributed by atoms with Crippen molar-refractivity contribution >= 4 is 17.2 Å². The van der Waals surface area contributed by atoms with Crippen LogP contribution in [0.2, 0.25) is 0 Å². The fourth-order valence-corrected chi connectivity index (χ4v) is 3.55. The molecular weight excluding hydrogens is 282 g/mol. The summed E-state index contributed by atoms with van der Waals surface area (Å²) in [6.07, 6.45) is 4.24. The molecule has 0 spiro atoms. The number of nitrogens with one attached hydrogen (secondary N) is 2. The Morgan fingerprint density at radius 3 is 2.62 bits per heavy atom. The molecule has 1 aromatic heterocycles. The van der Waals surface area contributed by atoms with Crippen LogP contribution in [0.4, 0.5) is 0 Å². The molecule has 1 fully saturated rings. The highest BCUT2D eigenvalue weighted by Crippen LogP contribution is 2.42. The van der Waals surface area contributed by atoms with Crippen molar-refractivity contribution in [1.29, 1.82) is 0 Å². The average molecular weight is 309 g/mol. The SMILES string of the molecule is CCC(C)(C)NC(=O)C(C)NC1(c2nc(C)cs2)CCC1. The van der Waals surface area contributed by atoms with Gasteiger partial charge in [0.15, 0.2) is 0 Å². The van der Waals surface area contributed by atoms with Crippen LogP contribution in [0.3, 0.4) is 0 Å². The van der Waals surface area contributed by atoms with E-state index < -0.39 is 0 Å². The number of carbonyl (C=O) groups is 1. The third-order valence-corrected chi connectivity index (χ3v) is 5.63. The third kappa shape index (κ3) is 3.64. The van der Waals surface area contributed by atoms with Crippen molar-refractivity contribution < 1.29 is 4.79 Å². The Balaban J connectivity index is 2.03. The van der Waals surface area contributed by atoms with Crippen LogP contribution >= 0.6 is 11.3 Å². The van der Waals surface area contributed by atoms with E-state index in [1.165, 1.54) is 6.42 Å². The quantitative estimate of drug-likeness (QED) is 0.849. The summed E-state index contributed by atoms with van der Waals surface area (Å²) in [5.41, 5.74) is 0.816. The van der Waals surface area contributed by atoms with Gasteiger partial charge >= 0.3 is 0 Å². The van der Waals surface area contributed by atoms with Crippen LogP contribution in [0.25, 0.3) is 0 Å². The lowest BCUT2D eigenvalue weighted by Gasteiger charge is -2.43. The van der Waals surface area contributed by atoms with Gasteiger partial charge < -0.3 is 5.32 Å². The molecule has 1 aliphatic carbocycles. The van der Waals surface area contributed by atoms with E-state index in [4.69, 9.17) is 0 Å². The maximum absolute atomic E-state index is 12.4. The lowest BCUT2D eigenvalue weighted by atomic mass is 9.76. The molecule has 1 unspecified atom stereocenters. The number of aryl methyl sites for hydroxylation is 1. The van der Waals surface area contributed by atoms with E-state index in [1.54, 1.807) is 11.3 Å². The normalized spacial score (nSPS) is 18.9. The van der Waals surface area contributed by atoms with Crippen LogP contribution in [0, 0.1) is 6.92 Å². The second-order valence-corrected chi connectivity index (χ2v) is 7.68. The van der Waals surface area contributed by atoms with Crippen LogP contribution in [-0.2, 0) is 10.3 Å². The highest BCUT2D eigenvalue weighted by atomic mass is 32.1. The molecule has 0 aliphatic heterocycles. The molecule has 0 saturated heterocycles. The molecule has 0 aromatic carbocycles. The molecule has 5 heteroatoms. The molecule has 0 radical (unpaired) electrons. The number of nitrogens with zero attached hydrogens (tertiary/aromatic N) is 1. The van der Waals surface area contributed by atoms with Crippen molar-refractivity contribution in [3.63, 3.8) is 0 Å². The number of thiazole rings is 1. The maximum atomic E-state index is 12.4. The van der Waals surface area contributed by atoms with E-state index in [1.807, 2.05) is 13.8 Å². The first-order valence-electron chi connectivity index (χ1n) is 7.80. The molecule has 4 nitrogen and oxygen atoms in total. The topological polar surface area (TPSA) is 54.0 Å². The Hall–Kier alpha value is -0.940. The largest absolute Gasteiger partial charge is 0.350 e. The first kappa shape index (κ1) is 16.4. The van der Waals surface area contributed by atoms with Crippen LogP contribution in [0.1, 0.15) is 64.1 Å². The predicted molar refractivity (Wildman–Crippen MR) is 87.5 cm³/mol. The van der Waals surface area contributed by atoms with Crippen molar-refractivity contribution in [3.8, 4) is 0 Å². The number of carbonyl (C=O) groups excluding carboxylic acids is 1. The van der Waals surface area contributed by atoms with Crippen LogP contribution < -0.4 is 10.6 Å². The Bertz CT molecular complexity index is 505. The molecule has 1 heterocycles. The molecule has 2 rings (SSSR count). The Kier molecular flexibility index (Phi) is 4.73. The third-order valence-electron chi connectivity index (χ3n) is 4.47. The number of amides is 1. The Morgan fingerprint density at radius 1 is 1.52 bits per heavy atom. The van der Waals surface area contributed by atoms with Gasteiger partial charge in [0.2, 0.25) is 5.91 Å². The van der Waals surface area contributed by atoms with Crippen LogP contribution in [0.15, 0.2) is 5.38 Å². The Labute approximate surface area is 131 Å². The summed E-state index contributed by atoms with van der Waals surface area (Å²) in [4.78, 5) is 17.0. The van der Waals surface area contributed by atoms with Gasteiger partial charge in [0, 0.05) is 16.6 Å². The van der Waals surface area contributed by atoms with Gasteiger partial charge in [0.25, 0.3) is 0 Å². The van der Waals surface area contributed by atoms with Crippen molar-refractivity contribution in [2.24, 2.45) is 0 Å². The first-order valence-corrected chi connectivity index (χ1v) is 8.68. The molecule has 1 saturated carbocycles. The van der Waals surface area contributed by atoms with E-state index in [-0.39, 0.29) is 23.0 Å². The number of rotatable bonds is 6. The lowest BCUT2D eigenvalue weighted by molar-refractivity contribution is -0.125. The van der Waals surface area contributed by atoms with Gasteiger partial charge in [-0.15, -0.1) is 11.3 Å². The second kappa shape index (κ2) is 6.05. The van der Waals surface area contributed by atoms with E-state index >= 15 is 0 Å². The fourth-order valence-electron chi connectivity index (χ4n) is 2.53. The van der Waals surface area contributed by atoms with Crippen molar-refractivity contribution in [2.75, 3.05) is 0 Å². The van der Waals surface area contributed by atoms with E-state index in [0.29, 0.717) is 0 Å². The summed E-state index contributed by atoms with van der Waals surface area (Å²) in [7, 11) is 0. The van der Waals surface area contributed by atoms with E-state index in [2.05, 4.69) is 41.8 Å². The zero-order valence-electron chi connectivity index (χ0n) is 13.7. The minimum absolute atomic E-state index is 0.0707. The summed E-state index contributed by atoms with van der Waals surface area (Å²) in [6, 6.07) is -0.208. The molecule has 2 N–H and O–H groups in total. The van der Waals surface area contributed by atoms with Crippen molar-refractivity contribution in [3.05, 3.63) is 16.1 Å². The van der Waals surface area contributed by atoms with Crippen molar-refractivity contribution in [2.45, 2.75) is 77.4 Å². The van der Waals surface area contributed by atoms with Gasteiger partial charge in [-0.2, -0.15) is 0 Å². The predicted octanol–water partition coefficient (Wildman–Crippen LogP) is 3.11. The number of aromatic nitrogens is 1. The molecule has 1 amide bonds. The van der Waals surface area contributed by atoms with Crippen molar-refractivity contribution in [1.82, 2.24) is 15.6 Å². The van der Waals surface area contributed by atoms with Crippen LogP contribution in [-0.4, -0.2) is 22.5 Å². The summed E-state index contributed by atoms with van der Waals surface area (Å²) < 4.78 is 0. The molecule has 118 valence electrons. The summed E-state index contributed by atoms with van der Waals surface area (Å²) in [5, 5.41) is 9.87. The van der Waals surface area contributed by atoms with Gasteiger partial charge in [-0.3, -0.25) is 10.1 Å². The molecule has 1 aromatic rings. The lowest BCUT2D eigenvalue weighted by Crippen LogP contribution is -2.58. The summed E-state index contributed by atoms with van der Waals surface area (Å²) >= 11 is 1.70. The van der Waals surface area contributed by atoms with E-state index in [0.717, 1.165) is 30.0 Å². The van der Waals surface area contributed by atoms with Gasteiger partial charge in [0.1, 0.15) is 5.01 Å². The van der Waals surface area contributed by atoms with Crippen LogP contribution in [0.5, 0.6) is 0 Å². The molecule has 21 heavy (non-hydrogen) atoms. The Morgan fingerprint density at radius 2 is 2.19 bits per heavy atom. The minimum atomic E-state index is -0.208. The maximum Gasteiger partial charge on any atom is 0.237 e. The van der Waals surface area contributed by atoms with E-state index in [9.17, 15) is 4.79 Å². The number of hydrogen-bond donors (Lipinski definition) is 2. The van der Waals surface area contributed by atoms with Gasteiger partial charge in [-0.05, 0) is 53.4 Å². The molecular formula is C16H27N3OS. The summed E-state index contributed by atoms with van der Waals surface area (Å²) in [5.74, 6) is 0.0707. The standard InChI is InChI=1S/C16H27N3OS/c1-6-15(4,5)19-13(20)12(3)18-16(8-7-9-16)14-17-11(2)10-21-14/h10,12,18H,6-9H2,1-5H3,(H,19,20). The minimum Gasteiger partial charge on any atom is -0.350 e.